The fourth-order valence-corrected chi connectivity index (χ4v) is 9.18. The molecule has 55 heavy (non-hydrogen) atoms. The number of furan rings is 1. The molecule has 0 saturated carbocycles. The molecule has 0 N–H and O–H groups in total. The van der Waals surface area contributed by atoms with Crippen LogP contribution in [0.15, 0.2) is 156 Å². The number of hydrogen-bond acceptors (Lipinski definition) is 1. The molecule has 0 atom stereocenters. The smallest absolute Gasteiger partial charge is 0.143 e. The first kappa shape index (κ1) is 31.5. The van der Waals surface area contributed by atoms with E-state index in [-0.39, 0.29) is 5.56 Å². The number of rotatable bonds is 4. The summed E-state index contributed by atoms with van der Waals surface area (Å²) in [7, 11) is 0. The Morgan fingerprint density at radius 2 is 1.07 bits per heavy atom. The second kappa shape index (κ2) is 12.3. The van der Waals surface area contributed by atoms with Gasteiger partial charge in [-0.05, 0) is 121 Å². The van der Waals surface area contributed by atoms with Crippen molar-refractivity contribution in [2.24, 2.45) is 0 Å². The maximum absolute atomic E-state index is 15.6. The molecule has 0 radical (unpaired) electrons. The minimum atomic E-state index is -0.586. The van der Waals surface area contributed by atoms with Crippen molar-refractivity contribution in [3.8, 4) is 44.5 Å². The molecule has 1 heterocycles. The SMILES string of the molecule is Fc1cccc(F)c1-c1c2ccccc2c(-c2cccc3oc4c(-c5c6c(c(-c7cc#ccc7)c7ccccc57)C=CCC6)cccc4c23)c2ccccc12. The third-order valence-corrected chi connectivity index (χ3v) is 11.4. The summed E-state index contributed by atoms with van der Waals surface area (Å²) in [6.45, 7) is 0. The fraction of sp³-hybridized carbons (Fsp3) is 0.0385. The highest BCUT2D eigenvalue weighted by Crippen LogP contribution is 2.50. The van der Waals surface area contributed by atoms with Crippen molar-refractivity contribution in [2.45, 2.75) is 12.8 Å². The maximum Gasteiger partial charge on any atom is 0.143 e. The van der Waals surface area contributed by atoms with E-state index in [1.807, 2.05) is 60.7 Å². The van der Waals surface area contributed by atoms with Crippen molar-refractivity contribution in [3.63, 3.8) is 0 Å². The van der Waals surface area contributed by atoms with Crippen LogP contribution in [0.1, 0.15) is 17.5 Å². The lowest BCUT2D eigenvalue weighted by molar-refractivity contribution is 0.590. The van der Waals surface area contributed by atoms with E-state index in [9.17, 15) is 0 Å². The molecule has 9 aromatic carbocycles. The summed E-state index contributed by atoms with van der Waals surface area (Å²) in [6.07, 6.45) is 6.43. The van der Waals surface area contributed by atoms with Gasteiger partial charge in [0.25, 0.3) is 0 Å². The summed E-state index contributed by atoms with van der Waals surface area (Å²) in [6, 6.07) is 53.7. The quantitative estimate of drug-likeness (QED) is 0.166. The van der Waals surface area contributed by atoms with Crippen LogP contribution in [-0.2, 0) is 6.42 Å². The second-order valence-electron chi connectivity index (χ2n) is 14.3. The minimum Gasteiger partial charge on any atom is -0.455 e. The molecule has 1 nitrogen and oxygen atoms in total. The van der Waals surface area contributed by atoms with Gasteiger partial charge in [-0.2, -0.15) is 0 Å². The second-order valence-corrected chi connectivity index (χ2v) is 14.3. The summed E-state index contributed by atoms with van der Waals surface area (Å²) in [5, 5.41) is 7.77. The molecule has 1 aromatic heterocycles. The van der Waals surface area contributed by atoms with Crippen LogP contribution in [0.2, 0.25) is 0 Å². The monoisotopic (exact) mass is 708 g/mol. The van der Waals surface area contributed by atoms with Gasteiger partial charge in [0, 0.05) is 21.9 Å². The molecule has 1 aliphatic rings. The zero-order valence-electron chi connectivity index (χ0n) is 29.6. The lowest BCUT2D eigenvalue weighted by Gasteiger charge is -2.23. The molecule has 0 aliphatic heterocycles. The number of allylic oxidation sites excluding steroid dienone is 1. The molecular formula is C52H30F2O. The van der Waals surface area contributed by atoms with E-state index < -0.39 is 11.6 Å². The van der Waals surface area contributed by atoms with Crippen molar-refractivity contribution in [2.75, 3.05) is 0 Å². The van der Waals surface area contributed by atoms with Crippen LogP contribution < -0.4 is 0 Å². The number of benzene rings is 8. The van der Waals surface area contributed by atoms with Gasteiger partial charge in [0.2, 0.25) is 0 Å². The van der Waals surface area contributed by atoms with Gasteiger partial charge < -0.3 is 4.42 Å². The third kappa shape index (κ3) is 4.65. The molecule has 0 unspecified atom stereocenters. The van der Waals surface area contributed by atoms with Crippen molar-refractivity contribution >= 4 is 60.3 Å². The number of halogens is 2. The van der Waals surface area contributed by atoms with Gasteiger partial charge in [-0.25, -0.2) is 8.78 Å². The zero-order valence-corrected chi connectivity index (χ0v) is 29.6. The molecule has 258 valence electrons. The number of hydrogen-bond donors (Lipinski definition) is 0. The average molecular weight is 709 g/mol. The molecule has 11 rings (SSSR count). The molecule has 10 aromatic rings. The van der Waals surface area contributed by atoms with Crippen LogP contribution in [0.3, 0.4) is 0 Å². The number of fused-ring (bicyclic) bond motifs is 7. The Bertz CT molecular complexity index is 3150. The molecule has 0 saturated heterocycles. The number of para-hydroxylation sites is 1. The molecule has 1 aliphatic carbocycles. The van der Waals surface area contributed by atoms with Crippen LogP contribution in [-0.4, -0.2) is 0 Å². The van der Waals surface area contributed by atoms with Gasteiger partial charge >= 0.3 is 0 Å². The molecule has 3 heteroatoms. The van der Waals surface area contributed by atoms with Gasteiger partial charge in [0.15, 0.2) is 0 Å². The van der Waals surface area contributed by atoms with E-state index in [1.54, 1.807) is 0 Å². The van der Waals surface area contributed by atoms with E-state index in [0.717, 1.165) is 78.6 Å². The van der Waals surface area contributed by atoms with Crippen LogP contribution in [0, 0.1) is 23.8 Å². The van der Waals surface area contributed by atoms with Crippen molar-refractivity contribution in [1.29, 1.82) is 0 Å². The standard InChI is InChI=1S/C52H30F2O/c53-43-28-14-29-44(54)51(43)50-38-23-10-8-21-36(38)47(37-22-9-11-24-39(37)50)40-25-13-30-45-49(40)42-27-12-26-41(52(42)55-45)48-34-19-6-4-17-32(34)46(31-15-2-1-3-16-31)33-18-5-7-20-35(33)48/h2,4-6,8-19,21-30H,7,20H2. The van der Waals surface area contributed by atoms with Crippen molar-refractivity contribution in [1.82, 2.24) is 0 Å². The van der Waals surface area contributed by atoms with Gasteiger partial charge in [0.1, 0.15) is 22.8 Å². The largest absolute Gasteiger partial charge is 0.455 e. The zero-order chi connectivity index (χ0) is 36.6. The summed E-state index contributed by atoms with van der Waals surface area (Å²) in [4.78, 5) is 0. The van der Waals surface area contributed by atoms with E-state index >= 15 is 8.78 Å². The van der Waals surface area contributed by atoms with Crippen LogP contribution in [0.25, 0.3) is 105 Å². The highest BCUT2D eigenvalue weighted by Gasteiger charge is 2.26. The summed E-state index contributed by atoms with van der Waals surface area (Å²) >= 11 is 0. The average Bonchev–Trinajstić information content (AvgIpc) is 3.62. The molecule has 0 bridgehead atoms. The Balaban J connectivity index is 1.23. The van der Waals surface area contributed by atoms with Crippen molar-refractivity contribution in [3.05, 3.63) is 187 Å². The van der Waals surface area contributed by atoms with E-state index in [1.165, 1.54) is 51.2 Å². The maximum atomic E-state index is 15.6. The van der Waals surface area contributed by atoms with Gasteiger partial charge in [-0.1, -0.05) is 133 Å². The third-order valence-electron chi connectivity index (χ3n) is 11.4. The first-order chi connectivity index (χ1) is 27.2. The normalized spacial score (nSPS) is 12.5. The lowest BCUT2D eigenvalue weighted by Crippen LogP contribution is -2.02. The topological polar surface area (TPSA) is 13.1 Å². The predicted molar refractivity (Wildman–Crippen MR) is 223 cm³/mol. The molecular weight excluding hydrogens is 679 g/mol. The molecule has 0 amide bonds. The van der Waals surface area contributed by atoms with E-state index in [2.05, 4.69) is 91.0 Å². The summed E-state index contributed by atoms with van der Waals surface area (Å²) < 4.78 is 38.2. The minimum absolute atomic E-state index is 0.0155. The highest BCUT2D eigenvalue weighted by atomic mass is 19.1. The van der Waals surface area contributed by atoms with Crippen molar-refractivity contribution < 1.29 is 13.2 Å². The van der Waals surface area contributed by atoms with Crippen LogP contribution in [0.4, 0.5) is 8.78 Å². The first-order valence-electron chi connectivity index (χ1n) is 18.6. The Hall–Kier alpha value is -7.02. The Kier molecular flexibility index (Phi) is 7.03. The fourth-order valence-electron chi connectivity index (χ4n) is 9.18. The lowest BCUT2D eigenvalue weighted by atomic mass is 9.80. The molecule has 0 fully saturated rings. The van der Waals surface area contributed by atoms with Gasteiger partial charge in [0.05, 0.1) is 5.56 Å². The Morgan fingerprint density at radius 1 is 0.491 bits per heavy atom. The van der Waals surface area contributed by atoms with Gasteiger partial charge in [-0.15, -0.1) is 0 Å². The predicted octanol–water partition coefficient (Wildman–Crippen LogP) is 14.6. The summed E-state index contributed by atoms with van der Waals surface area (Å²) in [5.41, 5.74) is 11.3. The van der Waals surface area contributed by atoms with Gasteiger partial charge in [-0.3, -0.25) is 0 Å². The summed E-state index contributed by atoms with van der Waals surface area (Å²) in [5.74, 6) is -1.17. The van der Waals surface area contributed by atoms with Crippen LogP contribution in [0.5, 0.6) is 0 Å². The van der Waals surface area contributed by atoms with E-state index in [4.69, 9.17) is 4.42 Å². The Morgan fingerprint density at radius 3 is 1.75 bits per heavy atom. The molecule has 0 spiro atoms. The highest BCUT2D eigenvalue weighted by molar-refractivity contribution is 6.26. The van der Waals surface area contributed by atoms with E-state index in [0.29, 0.717) is 5.56 Å². The van der Waals surface area contributed by atoms with Crippen LogP contribution >= 0.6 is 0 Å². The first-order valence-corrected chi connectivity index (χ1v) is 18.6. The Labute approximate surface area is 316 Å².